The quantitative estimate of drug-likeness (QED) is 0.476. The van der Waals surface area contributed by atoms with Crippen LogP contribution in [0.25, 0.3) is 0 Å². The zero-order valence-corrected chi connectivity index (χ0v) is 14.6. The zero-order valence-electron chi connectivity index (χ0n) is 12.9. The highest BCUT2D eigenvalue weighted by atomic mass is 32.4. The Kier molecular flexibility index (Phi) is 6.57. The van der Waals surface area contributed by atoms with E-state index in [0.29, 0.717) is 5.92 Å². The lowest BCUT2D eigenvalue weighted by atomic mass is 9.89. The number of hydrazone groups is 1. The van der Waals surface area contributed by atoms with Gasteiger partial charge in [0.15, 0.2) is 13.7 Å². The fourth-order valence-electron chi connectivity index (χ4n) is 1.69. The fourth-order valence-corrected chi connectivity index (χ4v) is 1.94. The van der Waals surface area contributed by atoms with Crippen LogP contribution in [0.4, 0.5) is 0 Å². The molecule has 1 unspecified atom stereocenters. The summed E-state index contributed by atoms with van der Waals surface area (Å²) >= 11 is 4.90. The Morgan fingerprint density at radius 3 is 2.45 bits per heavy atom. The molecular weight excluding hydrogens is 287 g/mol. The Morgan fingerprint density at radius 1 is 1.40 bits per heavy atom. The molecule has 5 heteroatoms. The summed E-state index contributed by atoms with van der Waals surface area (Å²) in [6, 6.07) is 8.09. The number of nitrogens with zero attached hydrogens (tertiary/aromatic N) is 1. The Labute approximate surface area is 128 Å². The number of hydrogen-bond donors (Lipinski definition) is 1. The first-order valence-corrected chi connectivity index (χ1v) is 8.72. The van der Waals surface area contributed by atoms with Crippen molar-refractivity contribution in [3.63, 3.8) is 0 Å². The highest BCUT2D eigenvalue weighted by Gasteiger charge is 2.28. The Bertz CT molecular complexity index is 461. The maximum atomic E-state index is 6.15. The molecule has 3 nitrogen and oxygen atoms in total. The summed E-state index contributed by atoms with van der Waals surface area (Å²) in [6.07, 6.45) is 2.91. The monoisotopic (exact) mass is 311 g/mol. The van der Waals surface area contributed by atoms with Crippen LogP contribution in [-0.2, 0) is 11.8 Å². The van der Waals surface area contributed by atoms with Crippen LogP contribution >= 0.6 is 7.51 Å². The second-order valence-corrected chi connectivity index (χ2v) is 6.62. The Hall–Kier alpha value is -0.990. The molecule has 0 aliphatic heterocycles. The van der Waals surface area contributed by atoms with E-state index in [2.05, 4.69) is 32.8 Å². The van der Waals surface area contributed by atoms with E-state index in [1.54, 1.807) is 0 Å². The largest absolute Gasteiger partial charge is 0.487 e. The van der Waals surface area contributed by atoms with Crippen molar-refractivity contribution in [2.24, 2.45) is 5.92 Å². The van der Waals surface area contributed by atoms with Crippen molar-refractivity contribution < 1.29 is 9.84 Å². The van der Waals surface area contributed by atoms with Gasteiger partial charge in [-0.05, 0) is 55.3 Å². The van der Waals surface area contributed by atoms with E-state index in [1.807, 2.05) is 42.3 Å². The number of benzene rings is 1. The molecule has 0 aliphatic rings. The van der Waals surface area contributed by atoms with Gasteiger partial charge in [0.25, 0.3) is 0 Å². The van der Waals surface area contributed by atoms with Gasteiger partial charge in [0.05, 0.1) is 7.05 Å². The molecule has 0 aliphatic carbocycles. The smallest absolute Gasteiger partial charge is 0.198 e. The van der Waals surface area contributed by atoms with Gasteiger partial charge >= 0.3 is 0 Å². The molecule has 1 aromatic carbocycles. The van der Waals surface area contributed by atoms with Crippen molar-refractivity contribution >= 4 is 25.5 Å². The number of nitrogens with one attached hydrogen (secondary N) is 1. The molecule has 1 rings (SSSR count). The highest BCUT2D eigenvalue weighted by molar-refractivity contribution is 7.95. The van der Waals surface area contributed by atoms with Crippen LogP contribution in [0.2, 0.25) is 0 Å². The molecule has 0 aromatic heterocycles. The number of hydrazine groups is 1. The second-order valence-electron chi connectivity index (χ2n) is 5.37. The van der Waals surface area contributed by atoms with Crippen molar-refractivity contribution in [2.45, 2.75) is 39.7 Å². The van der Waals surface area contributed by atoms with Gasteiger partial charge in [0.1, 0.15) is 11.4 Å². The third kappa shape index (κ3) is 4.84. The summed E-state index contributed by atoms with van der Waals surface area (Å²) in [5.74, 6) is 1.38. The van der Waals surface area contributed by atoms with Crippen molar-refractivity contribution in [1.29, 1.82) is 0 Å². The average molecular weight is 311 g/mol. The van der Waals surface area contributed by atoms with Gasteiger partial charge in [-0.1, -0.05) is 20.8 Å². The molecule has 0 bridgehead atoms. The van der Waals surface area contributed by atoms with E-state index < -0.39 is 0 Å². The summed E-state index contributed by atoms with van der Waals surface area (Å²) in [4.78, 5) is 0. The normalized spacial score (nSPS) is 14.7. The van der Waals surface area contributed by atoms with E-state index in [-0.39, 0.29) is 5.60 Å². The molecule has 0 spiro atoms. The molecule has 110 valence electrons. The molecule has 0 saturated carbocycles. The van der Waals surface area contributed by atoms with Crippen molar-refractivity contribution in [3.05, 3.63) is 29.8 Å². The lowest BCUT2D eigenvalue weighted by Gasteiger charge is -2.33. The van der Waals surface area contributed by atoms with Gasteiger partial charge in [-0.2, -0.15) is 0 Å². The predicted octanol–water partition coefficient (Wildman–Crippen LogP) is 2.56. The van der Waals surface area contributed by atoms with Gasteiger partial charge < -0.3 is 4.74 Å². The van der Waals surface area contributed by atoms with Crippen molar-refractivity contribution in [1.82, 2.24) is 4.78 Å². The average Bonchev–Trinajstić information content (AvgIpc) is 2.45. The third-order valence-electron chi connectivity index (χ3n) is 3.69. The first kappa shape index (κ1) is 17.1. The summed E-state index contributed by atoms with van der Waals surface area (Å²) in [5, 5.41) is 3.10. The Morgan fingerprint density at radius 2 is 2.00 bits per heavy atom. The summed E-state index contributed by atoms with van der Waals surface area (Å²) in [6.45, 7) is 8.71. The molecule has 1 aromatic rings. The SMILES string of the molecule is CCC(C)(Oc1ccc(C=[NH+]N(C)P=S)cc1)C(C)C. The Balaban J connectivity index is 2.76. The van der Waals surface area contributed by atoms with E-state index >= 15 is 0 Å². The lowest BCUT2D eigenvalue weighted by molar-refractivity contribution is -0.593. The topological polar surface area (TPSA) is 26.4 Å². The minimum atomic E-state index is -0.120. The molecule has 0 radical (unpaired) electrons. The van der Waals surface area contributed by atoms with Crippen LogP contribution in [0.5, 0.6) is 5.75 Å². The van der Waals surface area contributed by atoms with Crippen molar-refractivity contribution in [2.75, 3.05) is 7.05 Å². The van der Waals surface area contributed by atoms with Crippen LogP contribution in [-0.4, -0.2) is 23.6 Å². The zero-order chi connectivity index (χ0) is 15.2. The maximum Gasteiger partial charge on any atom is 0.198 e. The highest BCUT2D eigenvalue weighted by Crippen LogP contribution is 2.27. The molecule has 0 fully saturated rings. The number of ether oxygens (including phenoxy) is 1. The minimum absolute atomic E-state index is 0.120. The van der Waals surface area contributed by atoms with Crippen LogP contribution < -0.4 is 9.84 Å². The van der Waals surface area contributed by atoms with Crippen molar-refractivity contribution in [3.8, 4) is 5.75 Å². The van der Waals surface area contributed by atoms with E-state index in [1.165, 1.54) is 0 Å². The predicted molar refractivity (Wildman–Crippen MR) is 88.8 cm³/mol. The van der Waals surface area contributed by atoms with Crippen LogP contribution in [0.1, 0.15) is 39.7 Å². The number of hydrogen-bond acceptors (Lipinski definition) is 2. The van der Waals surface area contributed by atoms with Gasteiger partial charge in [-0.3, -0.25) is 0 Å². The molecule has 0 saturated heterocycles. The first-order valence-electron chi connectivity index (χ1n) is 6.86. The van der Waals surface area contributed by atoms with Crippen LogP contribution in [0.15, 0.2) is 24.3 Å². The number of rotatable bonds is 7. The van der Waals surface area contributed by atoms with Gasteiger partial charge in [0.2, 0.25) is 0 Å². The molecule has 0 heterocycles. The molecular formula is C15H24N2OPS+. The molecule has 1 N–H and O–H groups in total. The molecule has 1 atom stereocenters. The summed E-state index contributed by atoms with van der Waals surface area (Å²) in [5.41, 5.74) is 0.968. The minimum Gasteiger partial charge on any atom is -0.487 e. The van der Waals surface area contributed by atoms with Gasteiger partial charge in [-0.25, -0.2) is 0 Å². The van der Waals surface area contributed by atoms with Gasteiger partial charge in [0, 0.05) is 5.56 Å². The standard InChI is InChI=1S/C15H23N2OPS/c1-6-15(4,12(2)3)18-14-9-7-13(8-10-14)11-16-17(5)19-20/h7-12H,6H2,1-5H3/p+1. The summed E-state index contributed by atoms with van der Waals surface area (Å²) in [7, 11) is 2.67. The van der Waals surface area contributed by atoms with Gasteiger partial charge in [-0.15, -0.1) is 9.88 Å². The molecule has 20 heavy (non-hydrogen) atoms. The molecule has 0 amide bonds. The van der Waals surface area contributed by atoms with E-state index in [9.17, 15) is 0 Å². The summed E-state index contributed by atoms with van der Waals surface area (Å²) < 4.78 is 7.96. The van der Waals surface area contributed by atoms with Crippen LogP contribution in [0.3, 0.4) is 0 Å². The second kappa shape index (κ2) is 7.70. The third-order valence-corrected chi connectivity index (χ3v) is 4.79. The first-order chi connectivity index (χ1) is 9.41. The fraction of sp³-hybridized carbons (Fsp3) is 0.533. The van der Waals surface area contributed by atoms with Crippen LogP contribution in [0, 0.1) is 5.92 Å². The lowest BCUT2D eigenvalue weighted by Crippen LogP contribution is -2.76. The maximum absolute atomic E-state index is 6.15. The van der Waals surface area contributed by atoms with E-state index in [4.69, 9.17) is 16.5 Å². The van der Waals surface area contributed by atoms with E-state index in [0.717, 1.165) is 25.2 Å².